The highest BCUT2D eigenvalue weighted by molar-refractivity contribution is 5.70. The lowest BCUT2D eigenvalue weighted by Gasteiger charge is -2.26. The first kappa shape index (κ1) is 79.0. The van der Waals surface area contributed by atoms with Crippen molar-refractivity contribution in [1.29, 1.82) is 0 Å². The number of rotatable bonds is 62. The van der Waals surface area contributed by atoms with E-state index >= 15 is 0 Å². The summed E-state index contributed by atoms with van der Waals surface area (Å²) in [4.78, 5) is 37.5. The molecule has 0 N–H and O–H groups in total. The number of nitrogens with zero attached hydrogens (tertiary/aromatic N) is 1. The minimum atomic E-state index is -1.63. The molecule has 0 heterocycles. The Bertz CT molecular complexity index is 1730. The number of esters is 2. The van der Waals surface area contributed by atoms with Gasteiger partial charge in [-0.25, -0.2) is 0 Å². The summed E-state index contributed by atoms with van der Waals surface area (Å²) >= 11 is 0. The van der Waals surface area contributed by atoms with Crippen molar-refractivity contribution in [1.82, 2.24) is 0 Å². The van der Waals surface area contributed by atoms with Gasteiger partial charge in [-0.15, -0.1) is 0 Å². The molecule has 0 amide bonds. The average Bonchev–Trinajstić information content (AvgIpc) is 3.46. The molecule has 0 radical (unpaired) electrons. The van der Waals surface area contributed by atoms with Crippen LogP contribution in [0.1, 0.15) is 284 Å². The van der Waals surface area contributed by atoms with Crippen LogP contribution in [0, 0.1) is 0 Å². The van der Waals surface area contributed by atoms with Crippen molar-refractivity contribution in [2.45, 2.75) is 296 Å². The Hall–Kier alpha value is -4.05. The highest BCUT2D eigenvalue weighted by Gasteiger charge is 2.22. The van der Waals surface area contributed by atoms with E-state index in [9.17, 15) is 19.5 Å². The van der Waals surface area contributed by atoms with Crippen LogP contribution in [-0.4, -0.2) is 82.3 Å². The predicted molar refractivity (Wildman–Crippen MR) is 352 cm³/mol. The molecule has 2 atom stereocenters. The first-order valence-corrected chi connectivity index (χ1v) is 34.0. The van der Waals surface area contributed by atoms with E-state index in [0.29, 0.717) is 17.4 Å². The third-order valence-corrected chi connectivity index (χ3v) is 14.5. The Morgan fingerprint density at radius 1 is 0.373 bits per heavy atom. The van der Waals surface area contributed by atoms with Gasteiger partial charge in [0.2, 0.25) is 0 Å². The summed E-state index contributed by atoms with van der Waals surface area (Å²) in [7, 11) is 5.92. The molecule has 0 aliphatic heterocycles. The van der Waals surface area contributed by atoms with Crippen molar-refractivity contribution in [2.24, 2.45) is 0 Å². The zero-order valence-corrected chi connectivity index (χ0v) is 54.3. The second-order valence-electron chi connectivity index (χ2n) is 23.7. The van der Waals surface area contributed by atoms with E-state index in [2.05, 4.69) is 123 Å². The average molecular weight is 1160 g/mol. The van der Waals surface area contributed by atoms with E-state index in [1.807, 2.05) is 21.1 Å². The van der Waals surface area contributed by atoms with Crippen LogP contribution in [0.5, 0.6) is 0 Å². The number of carbonyl (C=O) groups excluding carboxylic acids is 3. The topological polar surface area (TPSA) is 111 Å². The summed E-state index contributed by atoms with van der Waals surface area (Å²) in [6, 6.07) is 0. The molecule has 0 aliphatic rings. The maximum Gasteiger partial charge on any atom is 0.306 e. The zero-order chi connectivity index (χ0) is 60.5. The number of carboxylic acids is 1. The number of aliphatic carboxylic acids is 1. The largest absolute Gasteiger partial charge is 0.545 e. The van der Waals surface area contributed by atoms with Gasteiger partial charge in [-0.05, 0) is 83.5 Å². The molecule has 0 spiro atoms. The Morgan fingerprint density at radius 2 is 0.687 bits per heavy atom. The summed E-state index contributed by atoms with van der Waals surface area (Å²) in [5, 5.41) is 11.8. The Kier molecular flexibility index (Phi) is 60.8. The predicted octanol–water partition coefficient (Wildman–Crippen LogP) is 19.7. The number of unbranched alkanes of at least 4 members (excludes halogenated alkanes) is 29. The molecule has 0 aliphatic carbocycles. The van der Waals surface area contributed by atoms with Crippen molar-refractivity contribution in [3.05, 3.63) is 109 Å². The lowest BCUT2D eigenvalue weighted by molar-refractivity contribution is -0.870. The summed E-state index contributed by atoms with van der Waals surface area (Å²) < 4.78 is 22.8. The molecule has 0 aromatic carbocycles. The van der Waals surface area contributed by atoms with E-state index in [0.717, 1.165) is 109 Å². The molecule has 0 rings (SSSR count). The Labute approximate surface area is 511 Å². The molecule has 2 unspecified atom stereocenters. The number of hydrogen-bond acceptors (Lipinski definition) is 8. The SMILES string of the molecule is CC/C=C\C/C=C\C/C=C\C/C=C\C/C=C\C/C=C\C/C=C\C/C=C\C/C=C\CCCCCCCC(=O)OC(COC(=O)CCCCCCCCCCCCCCCCCCCCCCCCCCC)COC(OCC[N+](C)(C)C)C(=O)[O-]. The van der Waals surface area contributed by atoms with Gasteiger partial charge >= 0.3 is 11.9 Å². The molecule has 9 heteroatoms. The van der Waals surface area contributed by atoms with Gasteiger partial charge < -0.3 is 33.3 Å². The Morgan fingerprint density at radius 3 is 1.02 bits per heavy atom. The van der Waals surface area contributed by atoms with Crippen molar-refractivity contribution >= 4 is 17.9 Å². The van der Waals surface area contributed by atoms with Gasteiger partial charge in [-0.1, -0.05) is 297 Å². The van der Waals surface area contributed by atoms with E-state index in [-0.39, 0.29) is 38.6 Å². The number of ether oxygens (including phenoxy) is 4. The van der Waals surface area contributed by atoms with Crippen molar-refractivity contribution in [3.63, 3.8) is 0 Å². The van der Waals surface area contributed by atoms with Crippen LogP contribution < -0.4 is 5.11 Å². The number of allylic oxidation sites excluding steroid dienone is 18. The third kappa shape index (κ3) is 65.3. The first-order chi connectivity index (χ1) is 40.6. The fourth-order valence-electron chi connectivity index (χ4n) is 9.35. The van der Waals surface area contributed by atoms with Crippen LogP contribution in [0.2, 0.25) is 0 Å². The van der Waals surface area contributed by atoms with Gasteiger partial charge in [0.25, 0.3) is 0 Å². The molecular weight excluding hydrogens is 1030 g/mol. The molecular formula is C74H127NO8. The minimum Gasteiger partial charge on any atom is -0.545 e. The van der Waals surface area contributed by atoms with Crippen LogP contribution in [0.3, 0.4) is 0 Å². The van der Waals surface area contributed by atoms with Gasteiger partial charge in [0.1, 0.15) is 13.2 Å². The number of quaternary nitrogens is 1. The van der Waals surface area contributed by atoms with E-state index in [4.69, 9.17) is 18.9 Å². The molecule has 9 nitrogen and oxygen atoms in total. The highest BCUT2D eigenvalue weighted by Crippen LogP contribution is 2.17. The van der Waals surface area contributed by atoms with Crippen LogP contribution in [0.4, 0.5) is 0 Å². The maximum atomic E-state index is 12.9. The van der Waals surface area contributed by atoms with Gasteiger partial charge in [0, 0.05) is 12.8 Å². The van der Waals surface area contributed by atoms with Crippen LogP contribution in [-0.2, 0) is 33.3 Å². The molecule has 83 heavy (non-hydrogen) atoms. The standard InChI is InChI=1S/C74H127NO8/c1-6-8-10-12-14-16-18-20-22-24-26-28-30-32-33-34-35-36-37-38-39-41-43-45-47-49-51-53-55-57-59-61-63-65-72(77)83-70(69-82-74(73(78)79)80-67-66-75(3,4)5)68-81-71(76)64-62-60-58-56-54-52-50-48-46-44-42-40-31-29-27-25-23-21-19-17-15-13-11-9-7-2/h8,10,14,16,20,22,26,28,32-33,35-36,38-39,43,45,49,51,70,74H,6-7,9,11-13,15,17-19,21,23-25,27,29-31,34,37,40-42,44,46-48,50,52-69H2,1-5H3/b10-8-,16-14-,22-20-,28-26-,33-32-,36-35-,39-38-,45-43-,51-49-. The molecule has 476 valence electrons. The second kappa shape index (κ2) is 64.0. The quantitative estimate of drug-likeness (QED) is 0.0195. The zero-order valence-electron chi connectivity index (χ0n) is 54.3. The van der Waals surface area contributed by atoms with Gasteiger partial charge in [0.15, 0.2) is 12.4 Å². The van der Waals surface area contributed by atoms with Crippen LogP contribution in [0.15, 0.2) is 109 Å². The Balaban J connectivity index is 4.22. The molecule has 0 bridgehead atoms. The van der Waals surface area contributed by atoms with Gasteiger partial charge in [0.05, 0.1) is 40.3 Å². The van der Waals surface area contributed by atoms with E-state index in [1.165, 1.54) is 141 Å². The van der Waals surface area contributed by atoms with Crippen molar-refractivity contribution < 1.29 is 42.9 Å². The lowest BCUT2D eigenvalue weighted by Crippen LogP contribution is -2.44. The normalized spacial score (nSPS) is 13.4. The summed E-state index contributed by atoms with van der Waals surface area (Å²) in [6.07, 6.45) is 85.9. The molecule has 0 aromatic rings. The number of carbonyl (C=O) groups is 3. The van der Waals surface area contributed by atoms with Gasteiger partial charge in [-0.3, -0.25) is 9.59 Å². The number of hydrogen-bond donors (Lipinski definition) is 0. The van der Waals surface area contributed by atoms with E-state index in [1.54, 1.807) is 0 Å². The monoisotopic (exact) mass is 1160 g/mol. The summed E-state index contributed by atoms with van der Waals surface area (Å²) in [5.41, 5.74) is 0. The smallest absolute Gasteiger partial charge is 0.306 e. The van der Waals surface area contributed by atoms with Crippen molar-refractivity contribution in [3.8, 4) is 0 Å². The van der Waals surface area contributed by atoms with Crippen LogP contribution in [0.25, 0.3) is 0 Å². The first-order valence-electron chi connectivity index (χ1n) is 34.0. The number of likely N-dealkylation sites (N-methyl/N-ethyl adjacent to an activating group) is 1. The fourth-order valence-corrected chi connectivity index (χ4v) is 9.35. The molecule has 0 aromatic heterocycles. The van der Waals surface area contributed by atoms with Crippen molar-refractivity contribution in [2.75, 3.05) is 47.5 Å². The van der Waals surface area contributed by atoms with Gasteiger partial charge in [-0.2, -0.15) is 0 Å². The molecule has 0 saturated carbocycles. The fraction of sp³-hybridized carbons (Fsp3) is 0.716. The minimum absolute atomic E-state index is 0.139. The summed E-state index contributed by atoms with van der Waals surface area (Å²) in [6.45, 7) is 4.64. The maximum absolute atomic E-state index is 12.9. The third-order valence-electron chi connectivity index (χ3n) is 14.5. The number of carboxylic acid groups (broad SMARTS) is 1. The summed E-state index contributed by atoms with van der Waals surface area (Å²) in [5.74, 6) is -2.31. The molecule has 0 fully saturated rings. The lowest BCUT2D eigenvalue weighted by atomic mass is 10.0. The molecule has 0 saturated heterocycles. The second-order valence-corrected chi connectivity index (χ2v) is 23.7. The highest BCUT2D eigenvalue weighted by atomic mass is 16.7. The van der Waals surface area contributed by atoms with Crippen LogP contribution >= 0.6 is 0 Å². The van der Waals surface area contributed by atoms with E-state index < -0.39 is 24.3 Å².